The summed E-state index contributed by atoms with van der Waals surface area (Å²) in [6.45, 7) is 5.43. The number of benzene rings is 1. The number of rotatable bonds is 7. The van der Waals surface area contributed by atoms with Crippen molar-refractivity contribution in [3.8, 4) is 5.75 Å². The molecule has 166 valence electrons. The van der Waals surface area contributed by atoms with Gasteiger partial charge in [0, 0.05) is 50.9 Å². The third-order valence-electron chi connectivity index (χ3n) is 6.37. The molecule has 1 aromatic heterocycles. The summed E-state index contributed by atoms with van der Waals surface area (Å²) in [6, 6.07) is 8.13. The van der Waals surface area contributed by atoms with Crippen molar-refractivity contribution in [1.29, 1.82) is 0 Å². The van der Waals surface area contributed by atoms with Crippen LogP contribution in [0.5, 0.6) is 5.75 Å². The van der Waals surface area contributed by atoms with Crippen molar-refractivity contribution >= 4 is 11.8 Å². The van der Waals surface area contributed by atoms with Crippen molar-refractivity contribution in [1.82, 2.24) is 20.0 Å². The first-order chi connectivity index (χ1) is 15.1. The Morgan fingerprint density at radius 3 is 2.84 bits per heavy atom. The second-order valence-corrected chi connectivity index (χ2v) is 8.64. The lowest BCUT2D eigenvalue weighted by molar-refractivity contribution is -0.133. The van der Waals surface area contributed by atoms with Crippen LogP contribution in [0.4, 0.5) is 0 Å². The molecule has 2 aromatic rings. The van der Waals surface area contributed by atoms with E-state index in [1.807, 2.05) is 34.7 Å². The predicted octanol–water partition coefficient (Wildman–Crippen LogP) is 2.85. The van der Waals surface area contributed by atoms with Gasteiger partial charge >= 0.3 is 0 Å². The monoisotopic (exact) mass is 424 g/mol. The largest absolute Gasteiger partial charge is 0.493 e. The fraction of sp³-hybridized carbons (Fsp3) is 0.542. The number of carbonyl (C=O) groups is 2. The topological polar surface area (TPSA) is 76.5 Å². The molecule has 0 unspecified atom stereocenters. The minimum absolute atomic E-state index is 0.0907. The fourth-order valence-corrected chi connectivity index (χ4v) is 4.44. The molecule has 3 heterocycles. The van der Waals surface area contributed by atoms with Gasteiger partial charge in [0.05, 0.1) is 6.61 Å². The van der Waals surface area contributed by atoms with Crippen LogP contribution in [0, 0.1) is 12.8 Å². The molecule has 4 rings (SSSR count). The third-order valence-corrected chi connectivity index (χ3v) is 6.37. The molecule has 0 bridgehead atoms. The number of aromatic nitrogens is 2. The van der Waals surface area contributed by atoms with Crippen molar-refractivity contribution in [2.75, 3.05) is 19.7 Å². The number of amides is 2. The molecule has 2 aliphatic heterocycles. The number of nitrogens with zero attached hydrogens (tertiary/aromatic N) is 3. The highest BCUT2D eigenvalue weighted by Crippen LogP contribution is 2.26. The van der Waals surface area contributed by atoms with Crippen molar-refractivity contribution in [3.63, 3.8) is 0 Å². The molecule has 2 aliphatic rings. The SMILES string of the molecule is Cc1ccnn1CCC(=O)N1CCC(CC(=O)NCc2ccc3c(c2)CCCO3)CC1. The summed E-state index contributed by atoms with van der Waals surface area (Å²) in [5, 5.41) is 7.29. The van der Waals surface area contributed by atoms with E-state index < -0.39 is 0 Å². The Balaban J connectivity index is 1.16. The maximum atomic E-state index is 12.5. The first kappa shape index (κ1) is 21.4. The highest BCUT2D eigenvalue weighted by molar-refractivity contribution is 5.77. The molecule has 0 aliphatic carbocycles. The van der Waals surface area contributed by atoms with E-state index in [4.69, 9.17) is 4.74 Å². The van der Waals surface area contributed by atoms with Gasteiger partial charge in [0.2, 0.25) is 11.8 Å². The zero-order chi connectivity index (χ0) is 21.6. The van der Waals surface area contributed by atoms with Crippen molar-refractivity contribution in [2.45, 2.75) is 58.5 Å². The van der Waals surface area contributed by atoms with Crippen LogP contribution >= 0.6 is 0 Å². The molecule has 1 N–H and O–H groups in total. The molecule has 0 saturated carbocycles. The van der Waals surface area contributed by atoms with Crippen molar-refractivity contribution in [3.05, 3.63) is 47.3 Å². The number of hydrogen-bond acceptors (Lipinski definition) is 4. The predicted molar refractivity (Wildman–Crippen MR) is 118 cm³/mol. The van der Waals surface area contributed by atoms with E-state index >= 15 is 0 Å². The maximum Gasteiger partial charge on any atom is 0.224 e. The zero-order valence-electron chi connectivity index (χ0n) is 18.3. The summed E-state index contributed by atoms with van der Waals surface area (Å²) < 4.78 is 7.52. The summed E-state index contributed by atoms with van der Waals surface area (Å²) in [5.74, 6) is 1.58. The van der Waals surface area contributed by atoms with Crippen LogP contribution in [0.15, 0.2) is 30.5 Å². The normalized spacial score (nSPS) is 16.5. The number of likely N-dealkylation sites (tertiary alicyclic amines) is 1. The lowest BCUT2D eigenvalue weighted by Crippen LogP contribution is -2.40. The average Bonchev–Trinajstić information content (AvgIpc) is 3.21. The first-order valence-corrected chi connectivity index (χ1v) is 11.4. The lowest BCUT2D eigenvalue weighted by Gasteiger charge is -2.32. The number of fused-ring (bicyclic) bond motifs is 1. The third kappa shape index (κ3) is 5.66. The van der Waals surface area contributed by atoms with Crippen LogP contribution in [0.25, 0.3) is 0 Å². The second-order valence-electron chi connectivity index (χ2n) is 8.64. The molecular weight excluding hydrogens is 392 g/mol. The van der Waals surface area contributed by atoms with Crippen LogP contribution in [-0.4, -0.2) is 46.2 Å². The fourth-order valence-electron chi connectivity index (χ4n) is 4.44. The van der Waals surface area contributed by atoms with Gasteiger partial charge in [-0.25, -0.2) is 0 Å². The molecule has 1 fully saturated rings. The van der Waals surface area contributed by atoms with E-state index in [1.54, 1.807) is 6.20 Å². The number of ether oxygens (including phenoxy) is 1. The summed E-state index contributed by atoms with van der Waals surface area (Å²) in [7, 11) is 0. The smallest absolute Gasteiger partial charge is 0.224 e. The first-order valence-electron chi connectivity index (χ1n) is 11.4. The molecule has 1 aromatic carbocycles. The molecule has 2 amide bonds. The van der Waals surface area contributed by atoms with E-state index in [0.29, 0.717) is 31.8 Å². The highest BCUT2D eigenvalue weighted by atomic mass is 16.5. The summed E-state index contributed by atoms with van der Waals surface area (Å²) in [6.07, 6.45) is 6.62. The molecule has 7 heteroatoms. The molecule has 0 atom stereocenters. The van der Waals surface area contributed by atoms with Gasteiger partial charge < -0.3 is 15.0 Å². The quantitative estimate of drug-likeness (QED) is 0.742. The summed E-state index contributed by atoms with van der Waals surface area (Å²) >= 11 is 0. The van der Waals surface area contributed by atoms with E-state index in [-0.39, 0.29) is 11.8 Å². The Morgan fingerprint density at radius 2 is 2.06 bits per heavy atom. The standard InChI is InChI=1S/C24H32N4O3/c1-18-6-10-26-28(18)13-9-24(30)27-11-7-19(8-12-27)16-23(29)25-17-20-4-5-22-21(15-20)3-2-14-31-22/h4-6,10,15,19H,2-3,7-9,11-14,16-17H2,1H3,(H,25,29). The number of hydrogen-bond donors (Lipinski definition) is 1. The van der Waals surface area contributed by atoms with Gasteiger partial charge in [-0.05, 0) is 61.8 Å². The highest BCUT2D eigenvalue weighted by Gasteiger charge is 2.24. The second kappa shape index (κ2) is 9.98. The van der Waals surface area contributed by atoms with E-state index in [0.717, 1.165) is 62.4 Å². The molecule has 0 spiro atoms. The molecular formula is C24H32N4O3. The van der Waals surface area contributed by atoms with Crippen LogP contribution in [0.1, 0.15) is 48.9 Å². The maximum absolute atomic E-state index is 12.5. The Morgan fingerprint density at radius 1 is 1.23 bits per heavy atom. The number of carbonyl (C=O) groups excluding carboxylic acids is 2. The van der Waals surface area contributed by atoms with E-state index in [1.165, 1.54) is 5.56 Å². The molecule has 31 heavy (non-hydrogen) atoms. The average molecular weight is 425 g/mol. The number of nitrogens with one attached hydrogen (secondary N) is 1. The van der Waals surface area contributed by atoms with E-state index in [9.17, 15) is 9.59 Å². The Bertz CT molecular complexity index is 915. The van der Waals surface area contributed by atoms with Crippen molar-refractivity contribution in [2.24, 2.45) is 5.92 Å². The van der Waals surface area contributed by atoms with Crippen molar-refractivity contribution < 1.29 is 14.3 Å². The van der Waals surface area contributed by atoms with Crippen LogP contribution in [0.2, 0.25) is 0 Å². The van der Waals surface area contributed by atoms with Gasteiger partial charge in [-0.3, -0.25) is 14.3 Å². The number of piperidine rings is 1. The van der Waals surface area contributed by atoms with Crippen LogP contribution in [0.3, 0.4) is 0 Å². The van der Waals surface area contributed by atoms with Gasteiger partial charge in [0.15, 0.2) is 0 Å². The minimum Gasteiger partial charge on any atom is -0.493 e. The molecule has 0 radical (unpaired) electrons. The number of aryl methyl sites for hydroxylation is 3. The van der Waals surface area contributed by atoms with Gasteiger partial charge in [-0.1, -0.05) is 12.1 Å². The lowest BCUT2D eigenvalue weighted by atomic mass is 9.93. The molecule has 7 nitrogen and oxygen atoms in total. The summed E-state index contributed by atoms with van der Waals surface area (Å²) in [5.41, 5.74) is 3.42. The van der Waals surface area contributed by atoms with Gasteiger partial charge in [0.1, 0.15) is 5.75 Å². The minimum atomic E-state index is 0.0907. The van der Waals surface area contributed by atoms with Gasteiger partial charge in [-0.2, -0.15) is 5.10 Å². The Labute approximate surface area is 183 Å². The van der Waals surface area contributed by atoms with Gasteiger partial charge in [0.25, 0.3) is 0 Å². The Kier molecular flexibility index (Phi) is 6.89. The van der Waals surface area contributed by atoms with E-state index in [2.05, 4.69) is 16.5 Å². The molecule has 1 saturated heterocycles. The van der Waals surface area contributed by atoms with Gasteiger partial charge in [-0.15, -0.1) is 0 Å². The zero-order valence-corrected chi connectivity index (χ0v) is 18.3. The Hall–Kier alpha value is -2.83. The summed E-state index contributed by atoms with van der Waals surface area (Å²) in [4.78, 5) is 26.9. The van der Waals surface area contributed by atoms with Crippen LogP contribution in [-0.2, 0) is 29.1 Å². The van der Waals surface area contributed by atoms with Crippen LogP contribution < -0.4 is 10.1 Å².